The molecule has 1 heterocycles. The van der Waals surface area contributed by atoms with Crippen LogP contribution in [0.5, 0.6) is 0 Å². The summed E-state index contributed by atoms with van der Waals surface area (Å²) in [5.74, 6) is 2.92. The Kier molecular flexibility index (Phi) is 3.15. The molecule has 0 amide bonds. The van der Waals surface area contributed by atoms with E-state index in [1.54, 1.807) is 0 Å². The van der Waals surface area contributed by atoms with Gasteiger partial charge in [0.05, 0.1) is 11.0 Å². The topological polar surface area (TPSA) is 25.2 Å². The molecule has 0 radical (unpaired) electrons. The molecule has 2 saturated carbocycles. The van der Waals surface area contributed by atoms with E-state index in [4.69, 9.17) is 4.42 Å². The van der Waals surface area contributed by atoms with E-state index in [9.17, 15) is 0 Å². The molecule has 2 fully saturated rings. The van der Waals surface area contributed by atoms with Gasteiger partial charge in [-0.15, -0.1) is 0 Å². The molecule has 1 aromatic heterocycles. The van der Waals surface area contributed by atoms with Crippen molar-refractivity contribution in [2.24, 2.45) is 11.8 Å². The molecule has 2 aliphatic rings. The van der Waals surface area contributed by atoms with Gasteiger partial charge in [0.2, 0.25) is 0 Å². The second-order valence-corrected chi connectivity index (χ2v) is 6.57. The van der Waals surface area contributed by atoms with E-state index >= 15 is 0 Å². The van der Waals surface area contributed by atoms with E-state index in [1.165, 1.54) is 25.7 Å². The van der Waals surface area contributed by atoms with Gasteiger partial charge in [0.25, 0.3) is 0 Å². The minimum Gasteiger partial charge on any atom is -0.452 e. The molecule has 0 aliphatic heterocycles. The standard InChI is InChI=1S/C12H15Br2NO/c13-10-5-9(16-12(10)14)6-15-11-4-7-1-2-8(11)3-7/h5,7-8,11,15H,1-4,6H2. The third-order valence-corrected chi connectivity index (χ3v) is 5.68. The van der Waals surface area contributed by atoms with Crippen molar-refractivity contribution in [2.45, 2.75) is 38.3 Å². The molecule has 88 valence electrons. The van der Waals surface area contributed by atoms with Crippen LogP contribution in [-0.4, -0.2) is 6.04 Å². The fraction of sp³-hybridized carbons (Fsp3) is 0.667. The maximum absolute atomic E-state index is 5.56. The molecular formula is C12H15Br2NO. The summed E-state index contributed by atoms with van der Waals surface area (Å²) in [5.41, 5.74) is 0. The molecule has 0 spiro atoms. The molecule has 3 atom stereocenters. The van der Waals surface area contributed by atoms with Crippen LogP contribution in [0.3, 0.4) is 0 Å². The second-order valence-electron chi connectivity index (χ2n) is 5.00. The van der Waals surface area contributed by atoms with Crippen LogP contribution in [0.15, 0.2) is 19.6 Å². The molecule has 2 bridgehead atoms. The van der Waals surface area contributed by atoms with Crippen LogP contribution >= 0.6 is 31.9 Å². The number of hydrogen-bond acceptors (Lipinski definition) is 2. The van der Waals surface area contributed by atoms with Gasteiger partial charge in [-0.05, 0) is 69.0 Å². The molecule has 16 heavy (non-hydrogen) atoms. The first kappa shape index (κ1) is 11.3. The zero-order valence-electron chi connectivity index (χ0n) is 9.01. The predicted molar refractivity (Wildman–Crippen MR) is 70.2 cm³/mol. The van der Waals surface area contributed by atoms with Crippen molar-refractivity contribution in [2.75, 3.05) is 0 Å². The van der Waals surface area contributed by atoms with Crippen molar-refractivity contribution in [1.29, 1.82) is 0 Å². The van der Waals surface area contributed by atoms with E-state index < -0.39 is 0 Å². The van der Waals surface area contributed by atoms with Gasteiger partial charge in [0.1, 0.15) is 5.76 Å². The Morgan fingerprint density at radius 2 is 2.19 bits per heavy atom. The maximum Gasteiger partial charge on any atom is 0.183 e. The van der Waals surface area contributed by atoms with Gasteiger partial charge in [-0.25, -0.2) is 0 Å². The van der Waals surface area contributed by atoms with Gasteiger partial charge in [-0.1, -0.05) is 6.42 Å². The Morgan fingerprint density at radius 1 is 1.31 bits per heavy atom. The minimum atomic E-state index is 0.724. The highest BCUT2D eigenvalue weighted by molar-refractivity contribution is 9.13. The fourth-order valence-corrected chi connectivity index (χ4v) is 3.86. The van der Waals surface area contributed by atoms with Crippen LogP contribution in [-0.2, 0) is 6.54 Å². The number of halogens is 2. The van der Waals surface area contributed by atoms with Crippen LogP contribution in [0.4, 0.5) is 0 Å². The first-order valence-corrected chi connectivity index (χ1v) is 7.48. The average Bonchev–Trinajstić information content (AvgIpc) is 2.92. The van der Waals surface area contributed by atoms with Crippen LogP contribution in [0.2, 0.25) is 0 Å². The van der Waals surface area contributed by atoms with Gasteiger partial charge in [0, 0.05) is 6.04 Å². The predicted octanol–water partition coefficient (Wildman–Crippen LogP) is 4.08. The first-order chi connectivity index (χ1) is 7.72. The summed E-state index contributed by atoms with van der Waals surface area (Å²) >= 11 is 6.79. The summed E-state index contributed by atoms with van der Waals surface area (Å²) in [6.45, 7) is 0.845. The van der Waals surface area contributed by atoms with Gasteiger partial charge < -0.3 is 9.73 Å². The Bertz CT molecular complexity index is 371. The SMILES string of the molecule is Brc1cc(CNC2CC3CCC2C3)oc1Br. The van der Waals surface area contributed by atoms with Crippen LogP contribution in [0, 0.1) is 11.8 Å². The lowest BCUT2D eigenvalue weighted by atomic mass is 9.95. The largest absolute Gasteiger partial charge is 0.452 e. The van der Waals surface area contributed by atoms with E-state index in [1.807, 2.05) is 6.07 Å². The molecule has 3 unspecified atom stereocenters. The van der Waals surface area contributed by atoms with Gasteiger partial charge in [-0.2, -0.15) is 0 Å². The summed E-state index contributed by atoms with van der Waals surface area (Å²) in [7, 11) is 0. The summed E-state index contributed by atoms with van der Waals surface area (Å²) in [6, 6.07) is 2.76. The van der Waals surface area contributed by atoms with Crippen molar-refractivity contribution in [3.05, 3.63) is 21.0 Å². The average molecular weight is 349 g/mol. The highest BCUT2D eigenvalue weighted by atomic mass is 79.9. The third kappa shape index (κ3) is 2.12. The van der Waals surface area contributed by atoms with Crippen molar-refractivity contribution >= 4 is 31.9 Å². The van der Waals surface area contributed by atoms with Crippen LogP contribution in [0.25, 0.3) is 0 Å². The molecule has 2 aliphatic carbocycles. The Morgan fingerprint density at radius 3 is 2.75 bits per heavy atom. The molecule has 1 aromatic rings. The summed E-state index contributed by atoms with van der Waals surface area (Å²) < 4.78 is 7.35. The lowest BCUT2D eigenvalue weighted by Gasteiger charge is -2.22. The van der Waals surface area contributed by atoms with E-state index in [0.29, 0.717) is 0 Å². The van der Waals surface area contributed by atoms with Gasteiger partial charge >= 0.3 is 0 Å². The van der Waals surface area contributed by atoms with Crippen molar-refractivity contribution in [3.8, 4) is 0 Å². The van der Waals surface area contributed by atoms with Crippen molar-refractivity contribution in [3.63, 3.8) is 0 Å². The van der Waals surface area contributed by atoms with E-state index in [2.05, 4.69) is 37.2 Å². The molecule has 4 heteroatoms. The number of hydrogen-bond donors (Lipinski definition) is 1. The lowest BCUT2D eigenvalue weighted by molar-refractivity contribution is 0.336. The zero-order chi connectivity index (χ0) is 11.1. The smallest absolute Gasteiger partial charge is 0.183 e. The lowest BCUT2D eigenvalue weighted by Crippen LogP contribution is -2.33. The Labute approximate surface area is 112 Å². The first-order valence-electron chi connectivity index (χ1n) is 5.89. The van der Waals surface area contributed by atoms with Crippen molar-refractivity contribution in [1.82, 2.24) is 5.32 Å². The van der Waals surface area contributed by atoms with Gasteiger partial charge in [0.15, 0.2) is 4.67 Å². The monoisotopic (exact) mass is 347 g/mol. The molecule has 2 nitrogen and oxygen atoms in total. The van der Waals surface area contributed by atoms with Gasteiger partial charge in [-0.3, -0.25) is 0 Å². The fourth-order valence-electron chi connectivity index (χ4n) is 3.20. The molecule has 3 rings (SSSR count). The quantitative estimate of drug-likeness (QED) is 0.890. The van der Waals surface area contributed by atoms with Crippen LogP contribution in [0.1, 0.15) is 31.4 Å². The normalized spacial score (nSPS) is 32.5. The molecule has 0 saturated heterocycles. The number of rotatable bonds is 3. The summed E-state index contributed by atoms with van der Waals surface area (Å²) in [5, 5.41) is 3.63. The van der Waals surface area contributed by atoms with E-state index in [0.717, 1.165) is 39.3 Å². The highest BCUT2D eigenvalue weighted by Crippen LogP contribution is 2.44. The molecule has 0 aromatic carbocycles. The minimum absolute atomic E-state index is 0.724. The molecular weight excluding hydrogens is 334 g/mol. The molecule has 1 N–H and O–H groups in total. The van der Waals surface area contributed by atoms with E-state index in [-0.39, 0.29) is 0 Å². The Hall–Kier alpha value is 0.200. The summed E-state index contributed by atoms with van der Waals surface area (Å²) in [6.07, 6.45) is 5.70. The van der Waals surface area contributed by atoms with Crippen LogP contribution < -0.4 is 5.32 Å². The van der Waals surface area contributed by atoms with Crippen molar-refractivity contribution < 1.29 is 4.42 Å². The number of nitrogens with one attached hydrogen (secondary N) is 1. The highest BCUT2D eigenvalue weighted by Gasteiger charge is 2.39. The second kappa shape index (κ2) is 4.46. The zero-order valence-corrected chi connectivity index (χ0v) is 12.2. The third-order valence-electron chi connectivity index (χ3n) is 3.97. The number of fused-ring (bicyclic) bond motifs is 2. The Balaban J connectivity index is 1.57. The number of furan rings is 1. The summed E-state index contributed by atoms with van der Waals surface area (Å²) in [4.78, 5) is 0. The maximum atomic E-state index is 5.56.